The number of alkyl halides is 3. The Morgan fingerprint density at radius 3 is 2.45 bits per heavy atom. The zero-order valence-corrected chi connectivity index (χ0v) is 10.8. The van der Waals surface area contributed by atoms with Gasteiger partial charge in [-0.15, -0.1) is 0 Å². The average molecular weight is 284 g/mol. The lowest BCUT2D eigenvalue weighted by Gasteiger charge is -2.42. The molecule has 2 aliphatic rings. The quantitative estimate of drug-likeness (QED) is 0.761. The molecule has 1 amide bonds. The Balaban J connectivity index is 2.06. The van der Waals surface area contributed by atoms with Crippen molar-refractivity contribution in [3.8, 4) is 0 Å². The van der Waals surface area contributed by atoms with E-state index in [1.165, 1.54) is 12.1 Å². The van der Waals surface area contributed by atoms with Crippen LogP contribution < -0.4 is 10.6 Å². The fraction of sp³-hybridized carbons (Fsp3) is 0.500. The van der Waals surface area contributed by atoms with Crippen LogP contribution in [0.4, 0.5) is 24.5 Å². The van der Waals surface area contributed by atoms with Crippen LogP contribution in [0.25, 0.3) is 0 Å². The third-order valence-corrected chi connectivity index (χ3v) is 4.12. The van der Waals surface area contributed by atoms with Gasteiger partial charge in [-0.3, -0.25) is 4.79 Å². The van der Waals surface area contributed by atoms with Crippen LogP contribution in [-0.4, -0.2) is 11.4 Å². The van der Waals surface area contributed by atoms with E-state index in [-0.39, 0.29) is 17.3 Å². The number of carbonyl (C=O) groups is 1. The number of carbonyl (C=O) groups excluding carboxylic acids is 1. The topological polar surface area (TPSA) is 41.1 Å². The highest BCUT2D eigenvalue weighted by molar-refractivity contribution is 6.06. The minimum atomic E-state index is -4.43. The van der Waals surface area contributed by atoms with Gasteiger partial charge in [0.2, 0.25) is 5.91 Å². The van der Waals surface area contributed by atoms with E-state index < -0.39 is 17.3 Å². The summed E-state index contributed by atoms with van der Waals surface area (Å²) in [6.45, 7) is 0. The number of anilines is 2. The van der Waals surface area contributed by atoms with Crippen molar-refractivity contribution >= 4 is 17.3 Å². The molecule has 1 fully saturated rings. The molecule has 1 aliphatic carbocycles. The van der Waals surface area contributed by atoms with E-state index in [4.69, 9.17) is 0 Å². The van der Waals surface area contributed by atoms with Gasteiger partial charge in [-0.1, -0.05) is 25.3 Å². The van der Waals surface area contributed by atoms with Gasteiger partial charge >= 0.3 is 6.18 Å². The van der Waals surface area contributed by atoms with Gasteiger partial charge in [-0.25, -0.2) is 0 Å². The molecule has 3 rings (SSSR count). The number of hydrogen-bond donors (Lipinski definition) is 2. The molecule has 1 aromatic carbocycles. The van der Waals surface area contributed by atoms with Crippen molar-refractivity contribution in [2.75, 3.05) is 10.6 Å². The molecule has 0 radical (unpaired) electrons. The van der Waals surface area contributed by atoms with E-state index in [0.29, 0.717) is 12.8 Å². The molecule has 0 bridgehead atoms. The fourth-order valence-corrected chi connectivity index (χ4v) is 3.07. The van der Waals surface area contributed by atoms with Gasteiger partial charge in [0.15, 0.2) is 0 Å². The summed E-state index contributed by atoms with van der Waals surface area (Å²) in [4.78, 5) is 12.2. The van der Waals surface area contributed by atoms with Crippen molar-refractivity contribution in [1.82, 2.24) is 0 Å². The zero-order valence-electron chi connectivity index (χ0n) is 10.8. The molecular formula is C14H15F3N2O. The Morgan fingerprint density at radius 1 is 1.10 bits per heavy atom. The maximum Gasteiger partial charge on any atom is 0.418 e. The third kappa shape index (κ3) is 2.03. The second-order valence-electron chi connectivity index (χ2n) is 5.45. The minimum absolute atomic E-state index is 0.00139. The van der Waals surface area contributed by atoms with Crippen molar-refractivity contribution in [3.05, 3.63) is 23.8 Å². The van der Waals surface area contributed by atoms with Crippen LogP contribution in [-0.2, 0) is 11.0 Å². The first-order chi connectivity index (χ1) is 9.42. The summed E-state index contributed by atoms with van der Waals surface area (Å²) < 4.78 is 39.2. The Bertz CT molecular complexity index is 548. The van der Waals surface area contributed by atoms with Gasteiger partial charge in [-0.2, -0.15) is 13.2 Å². The lowest BCUT2D eigenvalue weighted by Crippen LogP contribution is -2.54. The highest BCUT2D eigenvalue weighted by atomic mass is 19.4. The van der Waals surface area contributed by atoms with Crippen LogP contribution in [0.3, 0.4) is 0 Å². The summed E-state index contributed by atoms with van der Waals surface area (Å²) in [5, 5.41) is 5.54. The first-order valence-corrected chi connectivity index (χ1v) is 6.72. The highest BCUT2D eigenvalue weighted by Crippen LogP contribution is 2.45. The van der Waals surface area contributed by atoms with E-state index in [9.17, 15) is 18.0 Å². The Hall–Kier alpha value is -1.72. The van der Waals surface area contributed by atoms with Crippen LogP contribution in [0.5, 0.6) is 0 Å². The molecule has 0 saturated heterocycles. The number of amides is 1. The van der Waals surface area contributed by atoms with Gasteiger partial charge in [0, 0.05) is 0 Å². The molecule has 0 unspecified atom stereocenters. The molecule has 108 valence electrons. The summed E-state index contributed by atoms with van der Waals surface area (Å²) in [6, 6.07) is 3.84. The molecule has 6 heteroatoms. The number of rotatable bonds is 0. The lowest BCUT2D eigenvalue weighted by molar-refractivity contribution is -0.137. The van der Waals surface area contributed by atoms with E-state index in [2.05, 4.69) is 10.6 Å². The summed E-state index contributed by atoms with van der Waals surface area (Å²) in [5.74, 6) is -0.218. The van der Waals surface area contributed by atoms with Crippen molar-refractivity contribution in [2.24, 2.45) is 0 Å². The molecule has 1 spiro atoms. The SMILES string of the molecule is O=C1Nc2cccc(C(F)(F)F)c2NC12CCCCC2. The van der Waals surface area contributed by atoms with Gasteiger partial charge in [-0.05, 0) is 25.0 Å². The molecular weight excluding hydrogens is 269 g/mol. The number of fused-ring (bicyclic) bond motifs is 1. The molecule has 3 nitrogen and oxygen atoms in total. The maximum absolute atomic E-state index is 13.1. The number of halogens is 3. The largest absolute Gasteiger partial charge is 0.418 e. The smallest absolute Gasteiger partial charge is 0.369 e. The standard InChI is InChI=1S/C14H15F3N2O/c15-14(16,17)9-5-4-6-10-11(9)19-13(12(20)18-10)7-2-1-3-8-13/h4-6,19H,1-3,7-8H2,(H,18,20). The fourth-order valence-electron chi connectivity index (χ4n) is 3.07. The average Bonchev–Trinajstić information content (AvgIpc) is 2.39. The Kier molecular flexibility index (Phi) is 2.92. The molecule has 2 N–H and O–H groups in total. The van der Waals surface area contributed by atoms with Gasteiger partial charge < -0.3 is 10.6 Å². The lowest BCUT2D eigenvalue weighted by atomic mass is 9.79. The van der Waals surface area contributed by atoms with Crippen molar-refractivity contribution in [1.29, 1.82) is 0 Å². The van der Waals surface area contributed by atoms with Crippen LogP contribution in [0.1, 0.15) is 37.7 Å². The molecule has 20 heavy (non-hydrogen) atoms. The zero-order chi connectivity index (χ0) is 14.4. The summed E-state index contributed by atoms with van der Waals surface area (Å²) in [7, 11) is 0. The van der Waals surface area contributed by atoms with Gasteiger partial charge in [0.25, 0.3) is 0 Å². The summed E-state index contributed by atoms with van der Waals surface area (Å²) >= 11 is 0. The Morgan fingerprint density at radius 2 is 1.80 bits per heavy atom. The minimum Gasteiger partial charge on any atom is -0.369 e. The van der Waals surface area contributed by atoms with E-state index in [1.54, 1.807) is 0 Å². The molecule has 0 aromatic heterocycles. The van der Waals surface area contributed by atoms with Crippen LogP contribution in [0.2, 0.25) is 0 Å². The molecule has 1 saturated carbocycles. The first-order valence-electron chi connectivity index (χ1n) is 6.72. The monoisotopic (exact) mass is 284 g/mol. The predicted octanol–water partition coefficient (Wildman–Crippen LogP) is 3.77. The number of para-hydroxylation sites is 1. The van der Waals surface area contributed by atoms with E-state index in [0.717, 1.165) is 25.3 Å². The van der Waals surface area contributed by atoms with Gasteiger partial charge in [0.05, 0.1) is 16.9 Å². The van der Waals surface area contributed by atoms with E-state index in [1.807, 2.05) is 0 Å². The second kappa shape index (κ2) is 4.40. The normalized spacial score (nSPS) is 21.1. The van der Waals surface area contributed by atoms with Crippen LogP contribution >= 0.6 is 0 Å². The highest BCUT2D eigenvalue weighted by Gasteiger charge is 2.45. The van der Waals surface area contributed by atoms with E-state index >= 15 is 0 Å². The summed E-state index contributed by atoms with van der Waals surface area (Å²) in [5.41, 5.74) is -1.39. The maximum atomic E-state index is 13.1. The van der Waals surface area contributed by atoms with Crippen LogP contribution in [0, 0.1) is 0 Å². The molecule has 1 aromatic rings. The predicted molar refractivity (Wildman–Crippen MR) is 69.5 cm³/mol. The molecule has 1 heterocycles. The number of benzene rings is 1. The first kappa shape index (κ1) is 13.3. The van der Waals surface area contributed by atoms with Crippen molar-refractivity contribution in [3.63, 3.8) is 0 Å². The number of hydrogen-bond acceptors (Lipinski definition) is 2. The number of nitrogens with one attached hydrogen (secondary N) is 2. The van der Waals surface area contributed by atoms with Crippen molar-refractivity contribution < 1.29 is 18.0 Å². The van der Waals surface area contributed by atoms with Crippen molar-refractivity contribution in [2.45, 2.75) is 43.8 Å². The molecule has 0 atom stereocenters. The second-order valence-corrected chi connectivity index (χ2v) is 5.45. The third-order valence-electron chi connectivity index (χ3n) is 4.12. The van der Waals surface area contributed by atoms with Crippen LogP contribution in [0.15, 0.2) is 18.2 Å². The summed E-state index contributed by atoms with van der Waals surface area (Å²) in [6.07, 6.45) is -0.566. The van der Waals surface area contributed by atoms with Gasteiger partial charge in [0.1, 0.15) is 5.54 Å². The molecule has 1 aliphatic heterocycles. The Labute approximate surface area is 114 Å².